The van der Waals surface area contributed by atoms with Crippen LogP contribution in [0.5, 0.6) is 0 Å². The first-order chi connectivity index (χ1) is 28.0. The van der Waals surface area contributed by atoms with E-state index >= 15 is 0 Å². The van der Waals surface area contributed by atoms with Crippen molar-refractivity contribution in [2.75, 3.05) is 9.80 Å². The number of benzene rings is 9. The molecule has 0 aliphatic rings. The van der Waals surface area contributed by atoms with Crippen LogP contribution in [0.25, 0.3) is 21.5 Å². The normalized spacial score (nSPS) is 12.1. The molecule has 0 aliphatic heterocycles. The summed E-state index contributed by atoms with van der Waals surface area (Å²) in [6, 6.07) is 79.2. The van der Waals surface area contributed by atoms with Crippen LogP contribution in [-0.4, -0.2) is 0 Å². The third kappa shape index (κ3) is 6.96. The molecule has 2 nitrogen and oxygen atoms in total. The number of para-hydroxylation sites is 2. The summed E-state index contributed by atoms with van der Waals surface area (Å²) >= 11 is 0. The molecule has 276 valence electrons. The minimum Gasteiger partial charge on any atom is -0.310 e. The summed E-state index contributed by atoms with van der Waals surface area (Å²) in [4.78, 5) is 4.73. The van der Waals surface area contributed by atoms with Crippen molar-refractivity contribution in [1.29, 1.82) is 0 Å². The molecular weight excluding hydrogens is 689 g/mol. The van der Waals surface area contributed by atoms with Crippen LogP contribution in [-0.2, 0) is 5.41 Å². The van der Waals surface area contributed by atoms with Crippen LogP contribution < -0.4 is 9.80 Å². The van der Waals surface area contributed by atoms with Crippen molar-refractivity contribution in [1.82, 2.24) is 0 Å². The van der Waals surface area contributed by atoms with Gasteiger partial charge in [0.25, 0.3) is 0 Å². The monoisotopic (exact) mass is 734 g/mol. The second-order valence-electron chi connectivity index (χ2n) is 15.4. The van der Waals surface area contributed by atoms with E-state index in [1.807, 2.05) is 0 Å². The van der Waals surface area contributed by atoms with Gasteiger partial charge in [-0.25, -0.2) is 0 Å². The summed E-state index contributed by atoms with van der Waals surface area (Å²) in [7, 11) is 0. The summed E-state index contributed by atoms with van der Waals surface area (Å²) in [6.07, 6.45) is 0. The summed E-state index contributed by atoms with van der Waals surface area (Å²) in [5.41, 5.74) is 11.9. The van der Waals surface area contributed by atoms with E-state index in [1.54, 1.807) is 0 Å². The Balaban J connectivity index is 0.968. The Morgan fingerprint density at radius 1 is 0.333 bits per heavy atom. The maximum atomic E-state index is 2.37. The first-order valence-corrected chi connectivity index (χ1v) is 19.9. The summed E-state index contributed by atoms with van der Waals surface area (Å²) in [5, 5.41) is 4.93. The van der Waals surface area contributed by atoms with Gasteiger partial charge in [-0.05, 0) is 93.7 Å². The van der Waals surface area contributed by atoms with Gasteiger partial charge in [0.05, 0.1) is 11.4 Å². The molecule has 0 saturated carbocycles. The Bertz CT molecular complexity index is 2740. The molecule has 9 aromatic rings. The van der Waals surface area contributed by atoms with E-state index in [2.05, 4.69) is 249 Å². The van der Waals surface area contributed by atoms with Crippen LogP contribution in [0.15, 0.2) is 218 Å². The Morgan fingerprint density at radius 3 is 1.12 bits per heavy atom. The van der Waals surface area contributed by atoms with E-state index in [0.29, 0.717) is 0 Å². The largest absolute Gasteiger partial charge is 0.310 e. The second kappa shape index (κ2) is 15.3. The van der Waals surface area contributed by atoms with Gasteiger partial charge < -0.3 is 9.80 Å². The molecule has 1 atom stereocenters. The Morgan fingerprint density at radius 2 is 0.667 bits per heavy atom. The van der Waals surface area contributed by atoms with Crippen molar-refractivity contribution in [3.8, 4) is 0 Å². The fourth-order valence-corrected chi connectivity index (χ4v) is 8.30. The minimum absolute atomic E-state index is 0.179. The highest BCUT2D eigenvalue weighted by atomic mass is 15.1. The van der Waals surface area contributed by atoms with E-state index < -0.39 is 0 Å². The first-order valence-electron chi connectivity index (χ1n) is 19.9. The molecule has 1 unspecified atom stereocenters. The molecule has 9 rings (SSSR count). The van der Waals surface area contributed by atoms with Gasteiger partial charge in [0.15, 0.2) is 0 Å². The van der Waals surface area contributed by atoms with E-state index in [1.165, 1.54) is 55.2 Å². The van der Waals surface area contributed by atoms with Crippen LogP contribution in [0.1, 0.15) is 48.9 Å². The maximum absolute atomic E-state index is 2.37. The van der Waals surface area contributed by atoms with Crippen molar-refractivity contribution >= 4 is 55.7 Å². The fourth-order valence-electron chi connectivity index (χ4n) is 8.30. The zero-order valence-corrected chi connectivity index (χ0v) is 32.8. The highest BCUT2D eigenvalue weighted by Gasteiger charge is 2.25. The summed E-state index contributed by atoms with van der Waals surface area (Å²) in [5.74, 6) is 0.247. The predicted molar refractivity (Wildman–Crippen MR) is 243 cm³/mol. The molecule has 0 spiro atoms. The van der Waals surface area contributed by atoms with Gasteiger partial charge in [0.2, 0.25) is 0 Å². The third-order valence-corrected chi connectivity index (χ3v) is 11.7. The van der Waals surface area contributed by atoms with Gasteiger partial charge in [-0.1, -0.05) is 178 Å². The van der Waals surface area contributed by atoms with Crippen LogP contribution in [0.3, 0.4) is 0 Å². The van der Waals surface area contributed by atoms with Crippen molar-refractivity contribution in [3.05, 3.63) is 241 Å². The number of hydrogen-bond acceptors (Lipinski definition) is 2. The molecular formula is C55H46N2. The summed E-state index contributed by atoms with van der Waals surface area (Å²) < 4.78 is 0. The highest BCUT2D eigenvalue weighted by Crippen LogP contribution is 2.42. The van der Waals surface area contributed by atoms with Crippen LogP contribution in [0.2, 0.25) is 0 Å². The second-order valence-corrected chi connectivity index (χ2v) is 15.4. The standard InChI is InChI=1S/C55H46N2/c1-40(42-30-36-49(37-31-42)56(47-20-6-4-7-21-47)53-26-14-18-43-16-10-12-24-51(43)53)41-28-32-45(33-29-41)55(2,3)46-34-38-50(39-35-46)57(48-22-8-5-9-23-48)54-27-15-19-44-17-11-13-25-52(44)54/h4-40H,1-3H3. The van der Waals surface area contributed by atoms with Crippen molar-refractivity contribution < 1.29 is 0 Å². The molecule has 0 aliphatic carbocycles. The van der Waals surface area contributed by atoms with Gasteiger partial charge in [-0.2, -0.15) is 0 Å². The Hall–Kier alpha value is -6.90. The molecule has 57 heavy (non-hydrogen) atoms. The van der Waals surface area contributed by atoms with Crippen LogP contribution in [0, 0.1) is 0 Å². The van der Waals surface area contributed by atoms with Crippen LogP contribution >= 0.6 is 0 Å². The van der Waals surface area contributed by atoms with Crippen molar-refractivity contribution in [3.63, 3.8) is 0 Å². The lowest BCUT2D eigenvalue weighted by Crippen LogP contribution is -2.19. The predicted octanol–water partition coefficient (Wildman–Crippen LogP) is 15.4. The summed E-state index contributed by atoms with van der Waals surface area (Å²) in [6.45, 7) is 6.96. The number of fused-ring (bicyclic) bond motifs is 2. The maximum Gasteiger partial charge on any atom is 0.0540 e. The van der Waals surface area contributed by atoms with Gasteiger partial charge in [0.1, 0.15) is 0 Å². The van der Waals surface area contributed by atoms with E-state index in [9.17, 15) is 0 Å². The molecule has 0 N–H and O–H groups in total. The SMILES string of the molecule is CC(c1ccc(N(c2ccccc2)c2cccc3ccccc23)cc1)c1ccc(C(C)(C)c2ccc(N(c3ccccc3)c3cccc4ccccc34)cc2)cc1. The number of anilines is 6. The van der Waals surface area contributed by atoms with Gasteiger partial charge in [-0.15, -0.1) is 0 Å². The van der Waals surface area contributed by atoms with Gasteiger partial charge in [-0.3, -0.25) is 0 Å². The van der Waals surface area contributed by atoms with E-state index in [4.69, 9.17) is 0 Å². The lowest BCUT2D eigenvalue weighted by molar-refractivity contribution is 0.640. The molecule has 0 heterocycles. The van der Waals surface area contributed by atoms with Gasteiger partial charge in [0, 0.05) is 44.9 Å². The molecule has 0 amide bonds. The molecule has 9 aromatic carbocycles. The highest BCUT2D eigenvalue weighted by molar-refractivity contribution is 6.00. The van der Waals surface area contributed by atoms with E-state index in [0.717, 1.165) is 22.7 Å². The van der Waals surface area contributed by atoms with Crippen molar-refractivity contribution in [2.45, 2.75) is 32.1 Å². The fraction of sp³-hybridized carbons (Fsp3) is 0.0909. The number of nitrogens with zero attached hydrogens (tertiary/aromatic N) is 2. The molecule has 0 bridgehead atoms. The molecule has 0 aromatic heterocycles. The smallest absolute Gasteiger partial charge is 0.0540 e. The molecule has 0 saturated heterocycles. The Kier molecular flexibility index (Phi) is 9.62. The average Bonchev–Trinajstić information content (AvgIpc) is 3.28. The Labute approximate surface area is 336 Å². The number of rotatable bonds is 10. The minimum atomic E-state index is -0.179. The number of hydrogen-bond donors (Lipinski definition) is 0. The lowest BCUT2D eigenvalue weighted by atomic mass is 9.77. The first kappa shape index (κ1) is 35.8. The lowest BCUT2D eigenvalue weighted by Gasteiger charge is -2.30. The van der Waals surface area contributed by atoms with Gasteiger partial charge >= 0.3 is 0 Å². The topological polar surface area (TPSA) is 6.48 Å². The zero-order chi connectivity index (χ0) is 38.8. The molecule has 0 fully saturated rings. The zero-order valence-electron chi connectivity index (χ0n) is 32.8. The van der Waals surface area contributed by atoms with Crippen LogP contribution in [0.4, 0.5) is 34.1 Å². The van der Waals surface area contributed by atoms with E-state index in [-0.39, 0.29) is 11.3 Å². The quantitative estimate of drug-likeness (QED) is 0.138. The average molecular weight is 735 g/mol. The third-order valence-electron chi connectivity index (χ3n) is 11.7. The molecule has 0 radical (unpaired) electrons. The van der Waals surface area contributed by atoms with Crippen molar-refractivity contribution in [2.24, 2.45) is 0 Å². The molecule has 2 heteroatoms.